The van der Waals surface area contributed by atoms with Gasteiger partial charge >= 0.3 is 0 Å². The van der Waals surface area contributed by atoms with Gasteiger partial charge in [-0.05, 0) is 24.1 Å². The second-order valence-corrected chi connectivity index (χ2v) is 8.00. The monoisotopic (exact) mass is 472 g/mol. The number of ether oxygens (including phenoxy) is 1. The van der Waals surface area contributed by atoms with Crippen LogP contribution in [-0.2, 0) is 11.3 Å². The van der Waals surface area contributed by atoms with Crippen LogP contribution < -0.4 is 16.2 Å². The van der Waals surface area contributed by atoms with E-state index >= 15 is 0 Å². The Balaban J connectivity index is 0.00000256. The maximum absolute atomic E-state index is 12.5. The van der Waals surface area contributed by atoms with Crippen LogP contribution in [0.5, 0.6) is 0 Å². The van der Waals surface area contributed by atoms with Crippen molar-refractivity contribution in [3.8, 4) is 0 Å². The molecule has 0 amide bonds. The summed E-state index contributed by atoms with van der Waals surface area (Å²) in [6.45, 7) is 3.56. The zero-order valence-electron chi connectivity index (χ0n) is 16.1. The Labute approximate surface area is 190 Å². The minimum atomic E-state index is -0.318. The van der Waals surface area contributed by atoms with Crippen LogP contribution in [0.15, 0.2) is 23.0 Å². The summed E-state index contributed by atoms with van der Waals surface area (Å²) >= 11 is 11.9. The fraction of sp³-hybridized carbons (Fsp3) is 0.421. The van der Waals surface area contributed by atoms with Gasteiger partial charge in [0.2, 0.25) is 5.95 Å². The zero-order chi connectivity index (χ0) is 20.4. The number of hydrogen-bond acceptors (Lipinski definition) is 7. The number of nitrogens with one attached hydrogen (secondary N) is 4. The summed E-state index contributed by atoms with van der Waals surface area (Å²) in [5.74, 6) is 0.291. The predicted octanol–water partition coefficient (Wildman–Crippen LogP) is 2.99. The summed E-state index contributed by atoms with van der Waals surface area (Å²) < 4.78 is 5.61. The van der Waals surface area contributed by atoms with E-state index in [0.29, 0.717) is 46.9 Å². The van der Waals surface area contributed by atoms with Crippen LogP contribution in [0.4, 0.5) is 11.6 Å². The Kier molecular flexibility index (Phi) is 7.60. The van der Waals surface area contributed by atoms with E-state index in [1.165, 1.54) is 0 Å². The molecule has 2 atom stereocenters. The van der Waals surface area contributed by atoms with Gasteiger partial charge in [0.1, 0.15) is 11.4 Å². The lowest BCUT2D eigenvalue weighted by molar-refractivity contribution is 0.0324. The van der Waals surface area contributed by atoms with Gasteiger partial charge < -0.3 is 20.8 Å². The largest absolute Gasteiger partial charge is 0.377 e. The quantitative estimate of drug-likeness (QED) is 0.439. The standard InChI is InChI=1S/C19H22Cl2N6O2.ClH/c20-14-2-1-11(5-15(14)21)8-24-19-25-16(7-22)17(18(28)26-19)23-3-4-27-9-13-6-12(27)10-29-13;/h1-2,5,7,12-13,22-23H,3-4,6,8-10H2,(H2,24,25,26,28);1H/t12-,13-;/m0./s1. The van der Waals surface area contributed by atoms with Crippen molar-refractivity contribution in [3.05, 3.63) is 49.9 Å². The Morgan fingerprint density at radius 3 is 2.83 bits per heavy atom. The molecule has 11 heteroatoms. The Morgan fingerprint density at radius 2 is 2.17 bits per heavy atom. The molecule has 2 aromatic rings. The molecule has 3 heterocycles. The predicted molar refractivity (Wildman–Crippen MR) is 122 cm³/mol. The summed E-state index contributed by atoms with van der Waals surface area (Å²) in [4.78, 5) is 21.9. The summed E-state index contributed by atoms with van der Waals surface area (Å²) in [5.41, 5.74) is 1.17. The summed E-state index contributed by atoms with van der Waals surface area (Å²) in [5, 5.41) is 14.8. The smallest absolute Gasteiger partial charge is 0.276 e. The molecule has 4 rings (SSSR count). The first-order chi connectivity index (χ1) is 14.0. The average molecular weight is 474 g/mol. The average Bonchev–Trinajstić information content (AvgIpc) is 3.33. The van der Waals surface area contributed by atoms with E-state index in [-0.39, 0.29) is 23.7 Å². The van der Waals surface area contributed by atoms with E-state index in [1.54, 1.807) is 12.1 Å². The fourth-order valence-electron chi connectivity index (χ4n) is 3.76. The third-order valence-corrected chi connectivity index (χ3v) is 5.98. The Bertz CT molecular complexity index is 970. The zero-order valence-corrected chi connectivity index (χ0v) is 18.4. The SMILES string of the molecule is Cl.N=Cc1nc(NCc2ccc(Cl)c(Cl)c2)[nH]c(=O)c1NCCN1C[C@@H]2C[C@H]1CO2. The number of anilines is 2. The van der Waals surface area contributed by atoms with E-state index in [2.05, 4.69) is 25.5 Å². The van der Waals surface area contributed by atoms with Gasteiger partial charge in [-0.25, -0.2) is 4.98 Å². The van der Waals surface area contributed by atoms with Crippen LogP contribution in [0, 0.1) is 5.41 Å². The minimum absolute atomic E-state index is 0. The van der Waals surface area contributed by atoms with E-state index in [1.807, 2.05) is 6.07 Å². The van der Waals surface area contributed by atoms with E-state index in [9.17, 15) is 4.79 Å². The van der Waals surface area contributed by atoms with Gasteiger partial charge in [0.25, 0.3) is 5.56 Å². The van der Waals surface area contributed by atoms with E-state index in [4.69, 9.17) is 33.3 Å². The van der Waals surface area contributed by atoms with E-state index < -0.39 is 0 Å². The number of aromatic nitrogens is 2. The summed E-state index contributed by atoms with van der Waals surface area (Å²) in [6.07, 6.45) is 2.52. The first kappa shape index (κ1) is 22.8. The molecular weight excluding hydrogens is 451 g/mol. The van der Waals surface area contributed by atoms with Crippen LogP contribution >= 0.6 is 35.6 Å². The number of rotatable bonds is 8. The lowest BCUT2D eigenvalue weighted by Gasteiger charge is -2.26. The highest BCUT2D eigenvalue weighted by atomic mass is 35.5. The summed E-state index contributed by atoms with van der Waals surface area (Å²) in [7, 11) is 0. The molecule has 0 unspecified atom stereocenters. The third kappa shape index (κ3) is 5.07. The highest BCUT2D eigenvalue weighted by molar-refractivity contribution is 6.42. The molecule has 0 radical (unpaired) electrons. The van der Waals surface area contributed by atoms with Gasteiger partial charge in [-0.2, -0.15) is 0 Å². The van der Waals surface area contributed by atoms with Crippen LogP contribution in [-0.4, -0.2) is 59.5 Å². The molecule has 1 aromatic carbocycles. The number of likely N-dealkylation sites (tertiary alicyclic amines) is 1. The Hall–Kier alpha value is -1.84. The molecule has 30 heavy (non-hydrogen) atoms. The molecule has 2 fully saturated rings. The number of aromatic amines is 1. The normalized spacial score (nSPS) is 20.1. The van der Waals surface area contributed by atoms with Crippen molar-refractivity contribution in [1.82, 2.24) is 14.9 Å². The van der Waals surface area contributed by atoms with Gasteiger partial charge in [-0.3, -0.25) is 14.7 Å². The van der Waals surface area contributed by atoms with Crippen molar-refractivity contribution in [3.63, 3.8) is 0 Å². The molecular formula is C19H23Cl3N6O2. The van der Waals surface area contributed by atoms with Crippen LogP contribution in [0.1, 0.15) is 17.7 Å². The minimum Gasteiger partial charge on any atom is -0.377 e. The summed E-state index contributed by atoms with van der Waals surface area (Å²) in [6, 6.07) is 5.78. The number of hydrogen-bond donors (Lipinski definition) is 4. The van der Waals surface area contributed by atoms with E-state index in [0.717, 1.165) is 37.9 Å². The molecule has 2 saturated heterocycles. The molecule has 0 saturated carbocycles. The van der Waals surface area contributed by atoms with Gasteiger partial charge in [-0.1, -0.05) is 29.3 Å². The molecule has 2 aliphatic rings. The van der Waals surface area contributed by atoms with Crippen molar-refractivity contribution in [1.29, 1.82) is 5.41 Å². The van der Waals surface area contributed by atoms with Gasteiger partial charge in [0.05, 0.1) is 22.8 Å². The van der Waals surface area contributed by atoms with Crippen molar-refractivity contribution in [2.24, 2.45) is 0 Å². The lowest BCUT2D eigenvalue weighted by atomic mass is 10.2. The molecule has 1 aromatic heterocycles. The van der Waals surface area contributed by atoms with Crippen LogP contribution in [0.2, 0.25) is 10.0 Å². The molecule has 2 bridgehead atoms. The van der Waals surface area contributed by atoms with Crippen LogP contribution in [0.25, 0.3) is 0 Å². The first-order valence-electron chi connectivity index (χ1n) is 9.45. The fourth-order valence-corrected chi connectivity index (χ4v) is 4.08. The van der Waals surface area contributed by atoms with Gasteiger partial charge in [-0.15, -0.1) is 12.4 Å². The first-order valence-corrected chi connectivity index (χ1v) is 10.2. The second-order valence-electron chi connectivity index (χ2n) is 7.19. The number of benzene rings is 1. The topological polar surface area (TPSA) is 106 Å². The van der Waals surface area contributed by atoms with Gasteiger partial charge in [0, 0.05) is 38.4 Å². The lowest BCUT2D eigenvalue weighted by Crippen LogP contribution is -2.40. The maximum Gasteiger partial charge on any atom is 0.276 e. The number of morpholine rings is 1. The number of fused-ring (bicyclic) bond motifs is 2. The molecule has 162 valence electrons. The van der Waals surface area contributed by atoms with Crippen LogP contribution in [0.3, 0.4) is 0 Å². The molecule has 8 nitrogen and oxygen atoms in total. The van der Waals surface area contributed by atoms with Crippen molar-refractivity contribution >= 4 is 53.5 Å². The highest BCUT2D eigenvalue weighted by Gasteiger charge is 2.38. The Morgan fingerprint density at radius 1 is 1.33 bits per heavy atom. The van der Waals surface area contributed by atoms with Crippen molar-refractivity contribution in [2.45, 2.75) is 25.1 Å². The maximum atomic E-state index is 12.5. The number of H-pyrrole nitrogens is 1. The number of halogens is 3. The highest BCUT2D eigenvalue weighted by Crippen LogP contribution is 2.27. The third-order valence-electron chi connectivity index (χ3n) is 5.24. The second kappa shape index (κ2) is 9.98. The van der Waals surface area contributed by atoms with Crippen molar-refractivity contribution in [2.75, 3.05) is 36.9 Å². The molecule has 2 aliphatic heterocycles. The van der Waals surface area contributed by atoms with Crippen molar-refractivity contribution < 1.29 is 4.74 Å². The number of nitrogens with zero attached hydrogens (tertiary/aromatic N) is 2. The molecule has 0 aliphatic carbocycles. The molecule has 4 N–H and O–H groups in total. The van der Waals surface area contributed by atoms with Gasteiger partial charge in [0.15, 0.2) is 0 Å². The molecule has 0 spiro atoms.